The first kappa shape index (κ1) is 19.9. The molecule has 0 saturated carbocycles. The molecule has 0 fully saturated rings. The number of rotatable bonds is 5. The number of amides is 2. The van der Waals surface area contributed by atoms with Gasteiger partial charge in [-0.3, -0.25) is 9.59 Å². The van der Waals surface area contributed by atoms with Crippen molar-refractivity contribution in [3.63, 3.8) is 0 Å². The van der Waals surface area contributed by atoms with E-state index >= 15 is 0 Å². The molecule has 0 radical (unpaired) electrons. The third-order valence-electron chi connectivity index (χ3n) is 3.95. The summed E-state index contributed by atoms with van der Waals surface area (Å²) in [5.74, 6) is -0.176. The molecule has 2 N–H and O–H groups in total. The van der Waals surface area contributed by atoms with Crippen molar-refractivity contribution in [1.29, 1.82) is 0 Å². The van der Waals surface area contributed by atoms with Crippen LogP contribution in [0.25, 0.3) is 0 Å². The van der Waals surface area contributed by atoms with Crippen LogP contribution in [0.2, 0.25) is 5.02 Å². The van der Waals surface area contributed by atoms with E-state index in [9.17, 15) is 9.59 Å². The second kappa shape index (κ2) is 8.91. The second-order valence-corrected chi connectivity index (χ2v) is 7.04. The Hall–Kier alpha value is -2.83. The van der Waals surface area contributed by atoms with Crippen LogP contribution < -0.4 is 15.4 Å². The average molecular weight is 460 g/mol. The number of benzene rings is 3. The summed E-state index contributed by atoms with van der Waals surface area (Å²) in [7, 11) is 1.52. The van der Waals surface area contributed by atoms with Gasteiger partial charge in [0.05, 0.1) is 28.9 Å². The van der Waals surface area contributed by atoms with Crippen LogP contribution in [0.5, 0.6) is 5.75 Å². The Morgan fingerprint density at radius 2 is 1.54 bits per heavy atom. The van der Waals surface area contributed by atoms with Gasteiger partial charge in [0.15, 0.2) is 0 Å². The van der Waals surface area contributed by atoms with Crippen LogP contribution >= 0.6 is 27.5 Å². The summed E-state index contributed by atoms with van der Waals surface area (Å²) in [5, 5.41) is 5.95. The standard InChI is InChI=1S/C21H16BrClN2O3/c1-28-19-11-10-13(12-17(19)23)24-21(27)15-7-3-5-9-18(15)25-20(26)14-6-2-4-8-16(14)22/h2-12H,1H3,(H,24,27)(H,25,26). The molecular formula is C21H16BrClN2O3. The largest absolute Gasteiger partial charge is 0.495 e. The molecule has 7 heteroatoms. The third-order valence-corrected chi connectivity index (χ3v) is 4.93. The minimum Gasteiger partial charge on any atom is -0.495 e. The van der Waals surface area contributed by atoms with E-state index in [2.05, 4.69) is 26.6 Å². The fraction of sp³-hybridized carbons (Fsp3) is 0.0476. The molecule has 28 heavy (non-hydrogen) atoms. The monoisotopic (exact) mass is 458 g/mol. The molecule has 0 heterocycles. The van der Waals surface area contributed by atoms with Gasteiger partial charge in [0.25, 0.3) is 11.8 Å². The molecule has 0 unspecified atom stereocenters. The number of para-hydroxylation sites is 1. The summed E-state index contributed by atoms with van der Waals surface area (Å²) < 4.78 is 5.78. The van der Waals surface area contributed by atoms with Crippen molar-refractivity contribution in [1.82, 2.24) is 0 Å². The van der Waals surface area contributed by atoms with Crippen LogP contribution in [0.3, 0.4) is 0 Å². The molecule has 0 spiro atoms. The van der Waals surface area contributed by atoms with Crippen molar-refractivity contribution in [3.05, 3.63) is 87.4 Å². The lowest BCUT2D eigenvalue weighted by molar-refractivity contribution is 0.102. The molecular weight excluding hydrogens is 444 g/mol. The van der Waals surface area contributed by atoms with E-state index in [-0.39, 0.29) is 11.8 Å². The van der Waals surface area contributed by atoms with Crippen molar-refractivity contribution < 1.29 is 14.3 Å². The minimum absolute atomic E-state index is 0.319. The van der Waals surface area contributed by atoms with Gasteiger partial charge in [0.1, 0.15) is 5.75 Å². The zero-order valence-electron chi connectivity index (χ0n) is 14.8. The molecule has 2 amide bonds. The predicted molar refractivity (Wildman–Crippen MR) is 114 cm³/mol. The van der Waals surface area contributed by atoms with E-state index in [1.54, 1.807) is 60.7 Å². The molecule has 0 atom stereocenters. The fourth-order valence-corrected chi connectivity index (χ4v) is 3.29. The Kier molecular flexibility index (Phi) is 6.34. The fourth-order valence-electron chi connectivity index (χ4n) is 2.57. The number of hydrogen-bond donors (Lipinski definition) is 2. The van der Waals surface area contributed by atoms with Crippen LogP contribution in [0.4, 0.5) is 11.4 Å². The molecule has 0 aromatic heterocycles. The first-order chi connectivity index (χ1) is 13.5. The van der Waals surface area contributed by atoms with Crippen molar-refractivity contribution >= 4 is 50.7 Å². The van der Waals surface area contributed by atoms with Crippen molar-refractivity contribution in [2.45, 2.75) is 0 Å². The molecule has 0 bridgehead atoms. The molecule has 0 aliphatic rings. The summed E-state index contributed by atoms with van der Waals surface area (Å²) in [6.07, 6.45) is 0. The summed E-state index contributed by atoms with van der Waals surface area (Å²) in [4.78, 5) is 25.3. The van der Waals surface area contributed by atoms with Crippen LogP contribution in [0.15, 0.2) is 71.2 Å². The van der Waals surface area contributed by atoms with Gasteiger partial charge >= 0.3 is 0 Å². The highest BCUT2D eigenvalue weighted by atomic mass is 79.9. The van der Waals surface area contributed by atoms with Crippen LogP contribution in [0, 0.1) is 0 Å². The third kappa shape index (κ3) is 4.52. The topological polar surface area (TPSA) is 67.4 Å². The molecule has 5 nitrogen and oxygen atoms in total. The first-order valence-electron chi connectivity index (χ1n) is 8.29. The highest BCUT2D eigenvalue weighted by Gasteiger charge is 2.16. The van der Waals surface area contributed by atoms with Crippen molar-refractivity contribution in [2.75, 3.05) is 17.7 Å². The molecule has 3 aromatic rings. The number of carbonyl (C=O) groups is 2. The van der Waals surface area contributed by atoms with Crippen molar-refractivity contribution in [3.8, 4) is 5.75 Å². The van der Waals surface area contributed by atoms with E-state index < -0.39 is 0 Å². The number of anilines is 2. The predicted octanol–water partition coefficient (Wildman–Crippen LogP) is 5.62. The van der Waals surface area contributed by atoms with Gasteiger partial charge in [0.2, 0.25) is 0 Å². The lowest BCUT2D eigenvalue weighted by Gasteiger charge is -2.13. The Balaban J connectivity index is 1.81. The van der Waals surface area contributed by atoms with Gasteiger partial charge in [-0.25, -0.2) is 0 Å². The Morgan fingerprint density at radius 3 is 2.21 bits per heavy atom. The number of hydrogen-bond acceptors (Lipinski definition) is 3. The summed E-state index contributed by atoms with van der Waals surface area (Å²) >= 11 is 9.46. The van der Waals surface area contributed by atoms with Gasteiger partial charge in [-0.15, -0.1) is 0 Å². The van der Waals surface area contributed by atoms with Gasteiger partial charge in [0, 0.05) is 10.2 Å². The SMILES string of the molecule is COc1ccc(NC(=O)c2ccccc2NC(=O)c2ccccc2Br)cc1Cl. The molecule has 142 valence electrons. The van der Waals surface area contributed by atoms with E-state index in [1.807, 2.05) is 6.07 Å². The Labute approximate surface area is 175 Å². The van der Waals surface area contributed by atoms with Gasteiger partial charge in [-0.2, -0.15) is 0 Å². The lowest BCUT2D eigenvalue weighted by atomic mass is 10.1. The zero-order valence-corrected chi connectivity index (χ0v) is 17.2. The van der Waals surface area contributed by atoms with E-state index in [0.29, 0.717) is 37.7 Å². The van der Waals surface area contributed by atoms with Crippen LogP contribution in [0.1, 0.15) is 20.7 Å². The maximum Gasteiger partial charge on any atom is 0.257 e. The number of carbonyl (C=O) groups excluding carboxylic acids is 2. The maximum atomic E-state index is 12.7. The highest BCUT2D eigenvalue weighted by Crippen LogP contribution is 2.28. The highest BCUT2D eigenvalue weighted by molar-refractivity contribution is 9.10. The van der Waals surface area contributed by atoms with Gasteiger partial charge in [-0.1, -0.05) is 35.9 Å². The smallest absolute Gasteiger partial charge is 0.257 e. The first-order valence-corrected chi connectivity index (χ1v) is 9.46. The van der Waals surface area contributed by atoms with Gasteiger partial charge < -0.3 is 15.4 Å². The van der Waals surface area contributed by atoms with Crippen LogP contribution in [-0.4, -0.2) is 18.9 Å². The molecule has 3 aromatic carbocycles. The van der Waals surface area contributed by atoms with Crippen LogP contribution in [-0.2, 0) is 0 Å². The minimum atomic E-state index is -0.371. The summed E-state index contributed by atoms with van der Waals surface area (Å²) in [5.41, 5.74) is 1.72. The van der Waals surface area contributed by atoms with Gasteiger partial charge in [-0.05, 0) is 58.4 Å². The Bertz CT molecular complexity index is 1040. The summed E-state index contributed by atoms with van der Waals surface area (Å²) in [6, 6.07) is 18.8. The van der Waals surface area contributed by atoms with Crippen molar-refractivity contribution in [2.24, 2.45) is 0 Å². The zero-order chi connectivity index (χ0) is 20.1. The maximum absolute atomic E-state index is 12.7. The number of methoxy groups -OCH3 is 1. The second-order valence-electron chi connectivity index (χ2n) is 5.78. The average Bonchev–Trinajstić information content (AvgIpc) is 2.68. The quantitative estimate of drug-likeness (QED) is 0.521. The Morgan fingerprint density at radius 1 is 0.893 bits per heavy atom. The number of ether oxygens (including phenoxy) is 1. The molecule has 0 saturated heterocycles. The number of halogens is 2. The summed E-state index contributed by atoms with van der Waals surface area (Å²) in [6.45, 7) is 0. The lowest BCUT2D eigenvalue weighted by Crippen LogP contribution is -2.18. The van der Waals surface area contributed by atoms with E-state index in [1.165, 1.54) is 7.11 Å². The van der Waals surface area contributed by atoms with E-state index in [4.69, 9.17) is 16.3 Å². The van der Waals surface area contributed by atoms with E-state index in [0.717, 1.165) is 0 Å². The normalized spacial score (nSPS) is 10.2. The molecule has 0 aliphatic heterocycles. The molecule has 0 aliphatic carbocycles. The number of nitrogens with one attached hydrogen (secondary N) is 2. The molecule has 3 rings (SSSR count).